The lowest BCUT2D eigenvalue weighted by Gasteiger charge is -2.14. The topological polar surface area (TPSA) is 61.0 Å². The Balaban J connectivity index is 2.79. The van der Waals surface area contributed by atoms with E-state index in [4.69, 9.17) is 17.3 Å². The number of hydrogen-bond donors (Lipinski definition) is 1. The molecule has 0 aliphatic rings. The van der Waals surface area contributed by atoms with Crippen molar-refractivity contribution in [1.29, 1.82) is 0 Å². The molecule has 0 fully saturated rings. The lowest BCUT2D eigenvalue weighted by Crippen LogP contribution is -2.28. The molecule has 0 aliphatic carbocycles. The van der Waals surface area contributed by atoms with Gasteiger partial charge in [0.15, 0.2) is 6.10 Å². The van der Waals surface area contributed by atoms with Crippen molar-refractivity contribution in [2.24, 2.45) is 0 Å². The van der Waals surface area contributed by atoms with Gasteiger partial charge in [-0.25, -0.2) is 18.2 Å². The Morgan fingerprint density at radius 3 is 2.60 bits per heavy atom. The predicted molar refractivity (Wildman–Crippen MR) is 47.8 cm³/mol. The van der Waals surface area contributed by atoms with E-state index >= 15 is 0 Å². The first-order valence-electron chi connectivity index (χ1n) is 3.83. The molecular weight excluding hydrogens is 235 g/mol. The molecule has 1 heterocycles. The van der Waals surface area contributed by atoms with Gasteiger partial charge in [0.2, 0.25) is 11.8 Å². The summed E-state index contributed by atoms with van der Waals surface area (Å²) in [4.78, 5) is 6.95. The van der Waals surface area contributed by atoms with Crippen LogP contribution in [0.5, 0.6) is 5.88 Å². The summed E-state index contributed by atoms with van der Waals surface area (Å²) < 4.78 is 40.9. The largest absolute Gasteiger partial charge is 0.465 e. The Labute approximate surface area is 88.2 Å². The van der Waals surface area contributed by atoms with Gasteiger partial charge in [-0.2, -0.15) is 4.98 Å². The molecule has 0 amide bonds. The van der Waals surface area contributed by atoms with E-state index in [1.807, 2.05) is 0 Å². The van der Waals surface area contributed by atoms with Crippen LogP contribution in [0.4, 0.5) is 19.1 Å². The molecule has 0 aliphatic heterocycles. The highest BCUT2D eigenvalue weighted by Gasteiger charge is 2.23. The maximum Gasteiger partial charge on any atom is 0.277 e. The van der Waals surface area contributed by atoms with Gasteiger partial charge in [-0.1, -0.05) is 11.6 Å². The number of nitrogens with two attached hydrogens (primary N) is 1. The molecule has 8 heteroatoms. The summed E-state index contributed by atoms with van der Waals surface area (Å²) in [5.74, 6) is -0.514. The van der Waals surface area contributed by atoms with Gasteiger partial charge >= 0.3 is 0 Å². The third kappa shape index (κ3) is 3.43. The summed E-state index contributed by atoms with van der Waals surface area (Å²) in [7, 11) is 0. The first-order valence-corrected chi connectivity index (χ1v) is 4.21. The highest BCUT2D eigenvalue weighted by Crippen LogP contribution is 2.18. The van der Waals surface area contributed by atoms with E-state index in [1.54, 1.807) is 0 Å². The Morgan fingerprint density at radius 1 is 1.47 bits per heavy atom. The van der Waals surface area contributed by atoms with Crippen molar-refractivity contribution in [3.8, 4) is 5.88 Å². The highest BCUT2D eigenvalue weighted by atomic mass is 35.5. The standard InChI is InChI=1S/C7H7ClF3N3O/c8-4-1-5(14-7(12)13-4)15-3(2-9)6(10)11/h1,3,6H,2H2,(H2,12,13,14). The Kier molecular flexibility index (Phi) is 3.96. The fourth-order valence-corrected chi connectivity index (χ4v) is 0.959. The van der Waals surface area contributed by atoms with E-state index in [2.05, 4.69) is 14.7 Å². The molecule has 1 atom stereocenters. The van der Waals surface area contributed by atoms with Gasteiger partial charge in [0.05, 0.1) is 0 Å². The molecule has 84 valence electrons. The van der Waals surface area contributed by atoms with Crippen LogP contribution in [0.3, 0.4) is 0 Å². The van der Waals surface area contributed by atoms with Gasteiger partial charge in [-0.05, 0) is 0 Å². The first kappa shape index (κ1) is 11.8. The number of anilines is 1. The minimum absolute atomic E-state index is 0.0654. The Morgan fingerprint density at radius 2 is 2.13 bits per heavy atom. The van der Waals surface area contributed by atoms with Crippen molar-refractivity contribution >= 4 is 17.5 Å². The van der Waals surface area contributed by atoms with E-state index in [1.165, 1.54) is 0 Å². The third-order valence-corrected chi connectivity index (χ3v) is 1.59. The number of aromatic nitrogens is 2. The SMILES string of the molecule is Nc1nc(Cl)cc(OC(CF)C(F)F)n1. The second kappa shape index (κ2) is 5.01. The van der Waals surface area contributed by atoms with E-state index in [0.717, 1.165) is 6.07 Å². The fourth-order valence-electron chi connectivity index (χ4n) is 0.780. The van der Waals surface area contributed by atoms with Gasteiger partial charge < -0.3 is 10.5 Å². The van der Waals surface area contributed by atoms with Crippen molar-refractivity contribution < 1.29 is 17.9 Å². The molecule has 0 spiro atoms. The normalized spacial score (nSPS) is 12.9. The fraction of sp³-hybridized carbons (Fsp3) is 0.429. The molecule has 1 unspecified atom stereocenters. The van der Waals surface area contributed by atoms with E-state index < -0.39 is 19.2 Å². The summed E-state index contributed by atoms with van der Waals surface area (Å²) in [5, 5.41) is -0.0654. The van der Waals surface area contributed by atoms with Gasteiger partial charge in [0, 0.05) is 6.07 Å². The van der Waals surface area contributed by atoms with Crippen molar-refractivity contribution in [2.75, 3.05) is 12.4 Å². The molecule has 1 rings (SSSR count). The zero-order valence-corrected chi connectivity index (χ0v) is 8.09. The van der Waals surface area contributed by atoms with Crippen molar-refractivity contribution in [3.63, 3.8) is 0 Å². The monoisotopic (exact) mass is 241 g/mol. The number of rotatable bonds is 4. The Hall–Kier alpha value is -1.24. The summed E-state index contributed by atoms with van der Waals surface area (Å²) in [6.45, 7) is -1.33. The van der Waals surface area contributed by atoms with Gasteiger partial charge in [-0.15, -0.1) is 0 Å². The molecule has 0 saturated heterocycles. The maximum atomic E-state index is 12.1. The lowest BCUT2D eigenvalue weighted by atomic mass is 10.4. The quantitative estimate of drug-likeness (QED) is 0.815. The van der Waals surface area contributed by atoms with Crippen LogP contribution in [0.1, 0.15) is 0 Å². The van der Waals surface area contributed by atoms with Crippen molar-refractivity contribution in [1.82, 2.24) is 9.97 Å². The zero-order valence-electron chi connectivity index (χ0n) is 7.33. The van der Waals surface area contributed by atoms with E-state index in [0.29, 0.717) is 0 Å². The number of ether oxygens (including phenoxy) is 1. The molecule has 4 nitrogen and oxygen atoms in total. The summed E-state index contributed by atoms with van der Waals surface area (Å²) in [6, 6.07) is 1.07. The second-order valence-electron chi connectivity index (χ2n) is 2.53. The average molecular weight is 242 g/mol. The van der Waals surface area contributed by atoms with Crippen LogP contribution >= 0.6 is 11.6 Å². The van der Waals surface area contributed by atoms with Crippen LogP contribution in [-0.4, -0.2) is 29.2 Å². The molecule has 15 heavy (non-hydrogen) atoms. The maximum absolute atomic E-state index is 12.1. The Bertz CT molecular complexity index is 319. The molecule has 0 saturated carbocycles. The second-order valence-corrected chi connectivity index (χ2v) is 2.92. The summed E-state index contributed by atoms with van der Waals surface area (Å²) >= 11 is 5.46. The number of hydrogen-bond acceptors (Lipinski definition) is 4. The number of alkyl halides is 3. The van der Waals surface area contributed by atoms with Crippen LogP contribution in [0.15, 0.2) is 6.07 Å². The lowest BCUT2D eigenvalue weighted by molar-refractivity contribution is -0.00349. The van der Waals surface area contributed by atoms with Crippen LogP contribution in [0.25, 0.3) is 0 Å². The molecule has 2 N–H and O–H groups in total. The number of nitrogen functional groups attached to an aromatic ring is 1. The zero-order chi connectivity index (χ0) is 11.4. The predicted octanol–water partition coefficient (Wildman–Crippen LogP) is 1.69. The minimum atomic E-state index is -2.95. The van der Waals surface area contributed by atoms with Crippen molar-refractivity contribution in [3.05, 3.63) is 11.2 Å². The van der Waals surface area contributed by atoms with Gasteiger partial charge in [0.25, 0.3) is 6.43 Å². The first-order chi connectivity index (χ1) is 7.02. The van der Waals surface area contributed by atoms with Gasteiger partial charge in [-0.3, -0.25) is 0 Å². The minimum Gasteiger partial charge on any atom is -0.465 e. The molecule has 0 bridgehead atoms. The molecule has 0 aromatic carbocycles. The highest BCUT2D eigenvalue weighted by molar-refractivity contribution is 6.29. The molecular formula is C7H7ClF3N3O. The van der Waals surface area contributed by atoms with Gasteiger partial charge in [0.1, 0.15) is 11.8 Å². The van der Waals surface area contributed by atoms with Crippen LogP contribution in [0, 0.1) is 0 Å². The molecule has 1 aromatic heterocycles. The van der Waals surface area contributed by atoms with Crippen LogP contribution < -0.4 is 10.5 Å². The number of halogens is 4. The average Bonchev–Trinajstić information content (AvgIpc) is 2.12. The molecule has 1 aromatic rings. The number of nitrogens with zero attached hydrogens (tertiary/aromatic N) is 2. The molecule has 0 radical (unpaired) electrons. The van der Waals surface area contributed by atoms with E-state index in [9.17, 15) is 13.2 Å². The summed E-state index contributed by atoms with van der Waals surface area (Å²) in [6.07, 6.45) is -4.83. The van der Waals surface area contributed by atoms with Crippen LogP contribution in [0.2, 0.25) is 5.15 Å². The summed E-state index contributed by atoms with van der Waals surface area (Å²) in [5.41, 5.74) is 5.18. The third-order valence-electron chi connectivity index (χ3n) is 1.39. The van der Waals surface area contributed by atoms with Crippen molar-refractivity contribution in [2.45, 2.75) is 12.5 Å². The van der Waals surface area contributed by atoms with Crippen LogP contribution in [-0.2, 0) is 0 Å². The van der Waals surface area contributed by atoms with E-state index in [-0.39, 0.29) is 17.0 Å². The smallest absolute Gasteiger partial charge is 0.277 e.